The average Bonchev–Trinajstić information content (AvgIpc) is 2.97. The van der Waals surface area contributed by atoms with Crippen LogP contribution in [0.15, 0.2) is 41.3 Å². The number of carbonyl (C=O) groups is 1. The molecule has 1 aliphatic heterocycles. The summed E-state index contributed by atoms with van der Waals surface area (Å²) >= 11 is 0. The summed E-state index contributed by atoms with van der Waals surface area (Å²) in [7, 11) is -3.65. The maximum atomic E-state index is 12.8. The van der Waals surface area contributed by atoms with E-state index < -0.39 is 10.0 Å². The minimum atomic E-state index is -3.65. The summed E-state index contributed by atoms with van der Waals surface area (Å²) in [6, 6.07) is 10.6. The Morgan fingerprint density at radius 3 is 2.54 bits per heavy atom. The van der Waals surface area contributed by atoms with Gasteiger partial charge in [-0.05, 0) is 62.1 Å². The van der Waals surface area contributed by atoms with Crippen LogP contribution < -0.4 is 9.62 Å². The molecule has 0 bridgehead atoms. The van der Waals surface area contributed by atoms with Crippen molar-refractivity contribution in [3.05, 3.63) is 58.7 Å². The van der Waals surface area contributed by atoms with Crippen molar-refractivity contribution in [1.29, 1.82) is 0 Å². The number of carbonyl (C=O) groups excluding carboxylic acids is 1. The third-order valence-corrected chi connectivity index (χ3v) is 6.40. The van der Waals surface area contributed by atoms with Crippen LogP contribution in [0.2, 0.25) is 0 Å². The third kappa shape index (κ3) is 3.52. The first-order valence-corrected chi connectivity index (χ1v) is 10.2. The maximum Gasteiger partial charge on any atom is 0.241 e. The number of nitrogens with one attached hydrogen (secondary N) is 1. The van der Waals surface area contributed by atoms with Gasteiger partial charge in [0, 0.05) is 25.2 Å². The van der Waals surface area contributed by atoms with Gasteiger partial charge in [-0.3, -0.25) is 4.79 Å². The highest BCUT2D eigenvalue weighted by Crippen LogP contribution is 2.30. The number of hydrogen-bond donors (Lipinski definition) is 1. The van der Waals surface area contributed by atoms with Gasteiger partial charge in [-0.25, -0.2) is 13.1 Å². The predicted molar refractivity (Wildman–Crippen MR) is 103 cm³/mol. The highest BCUT2D eigenvalue weighted by atomic mass is 32.2. The molecule has 1 N–H and O–H groups in total. The zero-order valence-electron chi connectivity index (χ0n) is 15.5. The number of sulfonamides is 1. The summed E-state index contributed by atoms with van der Waals surface area (Å²) in [5.41, 5.74) is 4.87. The first kappa shape index (κ1) is 18.6. The quantitative estimate of drug-likeness (QED) is 0.896. The average molecular weight is 372 g/mol. The topological polar surface area (TPSA) is 66.5 Å². The third-order valence-electron chi connectivity index (χ3n) is 4.86. The van der Waals surface area contributed by atoms with Crippen LogP contribution >= 0.6 is 0 Å². The molecule has 1 amide bonds. The van der Waals surface area contributed by atoms with Crippen LogP contribution in [-0.2, 0) is 21.2 Å². The first-order chi connectivity index (χ1) is 12.2. The summed E-state index contributed by atoms with van der Waals surface area (Å²) in [6.45, 7) is 7.97. The second-order valence-electron chi connectivity index (χ2n) is 6.91. The molecule has 1 heterocycles. The molecule has 3 rings (SSSR count). The van der Waals surface area contributed by atoms with E-state index >= 15 is 0 Å². The van der Waals surface area contributed by atoms with Crippen molar-refractivity contribution >= 4 is 21.6 Å². The van der Waals surface area contributed by atoms with E-state index in [1.54, 1.807) is 23.1 Å². The van der Waals surface area contributed by atoms with Crippen LogP contribution in [0, 0.1) is 13.8 Å². The molecule has 1 aliphatic rings. The van der Waals surface area contributed by atoms with Gasteiger partial charge in [0.2, 0.25) is 15.9 Å². The molecule has 0 aromatic heterocycles. The van der Waals surface area contributed by atoms with Crippen molar-refractivity contribution in [1.82, 2.24) is 4.72 Å². The van der Waals surface area contributed by atoms with E-state index in [9.17, 15) is 13.2 Å². The van der Waals surface area contributed by atoms with Crippen LogP contribution in [-0.4, -0.2) is 20.9 Å². The van der Waals surface area contributed by atoms with Crippen molar-refractivity contribution in [3.8, 4) is 0 Å². The first-order valence-electron chi connectivity index (χ1n) is 8.69. The lowest BCUT2D eigenvalue weighted by Crippen LogP contribution is -2.27. The molecular formula is C20H24N2O3S. The lowest BCUT2D eigenvalue weighted by molar-refractivity contribution is -0.116. The standard InChI is InChI=1S/C20H24N2O3S/c1-13-5-7-19(14(2)11-13)15(3)21-26(24,25)18-6-8-20-17(12-18)9-10-22(20)16(4)23/h5-8,11-12,15,21H,9-10H2,1-4H3. The number of aryl methyl sites for hydroxylation is 2. The fourth-order valence-corrected chi connectivity index (χ4v) is 4.82. The molecule has 0 saturated carbocycles. The SMILES string of the molecule is CC(=O)N1CCc2cc(S(=O)(=O)NC(C)c3ccc(C)cc3C)ccc21. The maximum absolute atomic E-state index is 12.8. The molecule has 0 fully saturated rings. The number of rotatable bonds is 4. The van der Waals surface area contributed by atoms with Gasteiger partial charge >= 0.3 is 0 Å². The molecule has 6 heteroatoms. The summed E-state index contributed by atoms with van der Waals surface area (Å²) in [5, 5.41) is 0. The van der Waals surface area contributed by atoms with Crippen LogP contribution in [0.3, 0.4) is 0 Å². The van der Waals surface area contributed by atoms with Crippen molar-refractivity contribution in [2.24, 2.45) is 0 Å². The van der Waals surface area contributed by atoms with Gasteiger partial charge in [0.1, 0.15) is 0 Å². The van der Waals surface area contributed by atoms with Crippen LogP contribution in [0.5, 0.6) is 0 Å². The minimum Gasteiger partial charge on any atom is -0.312 e. The van der Waals surface area contributed by atoms with Crippen LogP contribution in [0.1, 0.15) is 42.1 Å². The molecule has 1 atom stereocenters. The summed E-state index contributed by atoms with van der Waals surface area (Å²) in [4.78, 5) is 13.6. The largest absolute Gasteiger partial charge is 0.312 e. The zero-order valence-corrected chi connectivity index (χ0v) is 16.4. The van der Waals surface area contributed by atoms with Crippen LogP contribution in [0.25, 0.3) is 0 Å². The Balaban J connectivity index is 1.86. The van der Waals surface area contributed by atoms with Gasteiger partial charge in [-0.1, -0.05) is 23.8 Å². The monoisotopic (exact) mass is 372 g/mol. The highest BCUT2D eigenvalue weighted by Gasteiger charge is 2.25. The van der Waals surface area contributed by atoms with Gasteiger partial charge in [-0.2, -0.15) is 0 Å². The Bertz CT molecular complexity index is 967. The molecule has 2 aromatic rings. The predicted octanol–water partition coefficient (Wildman–Crippen LogP) is 3.25. The van der Waals surface area contributed by atoms with E-state index in [1.807, 2.05) is 39.0 Å². The summed E-state index contributed by atoms with van der Waals surface area (Å²) < 4.78 is 28.4. The molecule has 2 aromatic carbocycles. The molecule has 138 valence electrons. The normalized spacial score (nSPS) is 15.0. The Morgan fingerprint density at radius 1 is 1.15 bits per heavy atom. The van der Waals surface area contributed by atoms with Gasteiger partial charge < -0.3 is 4.90 Å². The van der Waals surface area contributed by atoms with Crippen molar-refractivity contribution in [3.63, 3.8) is 0 Å². The second-order valence-corrected chi connectivity index (χ2v) is 8.63. The molecular weight excluding hydrogens is 348 g/mol. The molecule has 0 aliphatic carbocycles. The molecule has 1 unspecified atom stereocenters. The number of hydrogen-bond acceptors (Lipinski definition) is 3. The van der Waals surface area contributed by atoms with E-state index in [0.717, 1.165) is 27.9 Å². The van der Waals surface area contributed by atoms with Crippen molar-refractivity contribution in [2.75, 3.05) is 11.4 Å². The minimum absolute atomic E-state index is 0.0269. The Hall–Kier alpha value is -2.18. The summed E-state index contributed by atoms with van der Waals surface area (Å²) in [5.74, 6) is -0.0269. The Kier molecular flexibility index (Phi) is 4.90. The van der Waals surface area contributed by atoms with Crippen molar-refractivity contribution in [2.45, 2.75) is 45.1 Å². The fourth-order valence-electron chi connectivity index (χ4n) is 3.55. The lowest BCUT2D eigenvalue weighted by Gasteiger charge is -2.18. The van der Waals surface area contributed by atoms with Crippen LogP contribution in [0.4, 0.5) is 5.69 Å². The van der Waals surface area contributed by atoms with Gasteiger partial charge in [0.05, 0.1) is 4.90 Å². The van der Waals surface area contributed by atoms with E-state index in [4.69, 9.17) is 0 Å². The second kappa shape index (κ2) is 6.85. The molecule has 5 nitrogen and oxygen atoms in total. The zero-order chi connectivity index (χ0) is 19.1. The number of benzene rings is 2. The highest BCUT2D eigenvalue weighted by molar-refractivity contribution is 7.89. The number of nitrogens with zero attached hydrogens (tertiary/aromatic N) is 1. The number of amides is 1. The Morgan fingerprint density at radius 2 is 1.88 bits per heavy atom. The van der Waals surface area contributed by atoms with E-state index in [-0.39, 0.29) is 16.8 Å². The van der Waals surface area contributed by atoms with E-state index in [1.165, 1.54) is 6.92 Å². The number of anilines is 1. The molecule has 0 spiro atoms. The fraction of sp³-hybridized carbons (Fsp3) is 0.350. The van der Waals surface area contributed by atoms with Gasteiger partial charge in [-0.15, -0.1) is 0 Å². The van der Waals surface area contributed by atoms with Gasteiger partial charge in [0.15, 0.2) is 0 Å². The smallest absolute Gasteiger partial charge is 0.241 e. The molecule has 0 saturated heterocycles. The van der Waals surface area contributed by atoms with Gasteiger partial charge in [0.25, 0.3) is 0 Å². The molecule has 26 heavy (non-hydrogen) atoms. The van der Waals surface area contributed by atoms with E-state index in [0.29, 0.717) is 13.0 Å². The number of fused-ring (bicyclic) bond motifs is 1. The summed E-state index contributed by atoms with van der Waals surface area (Å²) in [6.07, 6.45) is 0.672. The lowest BCUT2D eigenvalue weighted by atomic mass is 10.0. The Labute approximate surface area is 155 Å². The van der Waals surface area contributed by atoms with E-state index in [2.05, 4.69) is 4.72 Å². The van der Waals surface area contributed by atoms with Crippen molar-refractivity contribution < 1.29 is 13.2 Å². The molecule has 0 radical (unpaired) electrons.